The van der Waals surface area contributed by atoms with Crippen LogP contribution in [0.2, 0.25) is 0 Å². The summed E-state index contributed by atoms with van der Waals surface area (Å²) >= 11 is 0. The van der Waals surface area contributed by atoms with Crippen molar-refractivity contribution in [2.75, 3.05) is 4.90 Å². The van der Waals surface area contributed by atoms with Crippen molar-refractivity contribution >= 4 is 38.7 Å². The summed E-state index contributed by atoms with van der Waals surface area (Å²) in [5.74, 6) is 0.862. The van der Waals surface area contributed by atoms with Gasteiger partial charge in [0.15, 0.2) is 0 Å². The van der Waals surface area contributed by atoms with Crippen LogP contribution in [0.4, 0.5) is 17.2 Å². The highest BCUT2D eigenvalue weighted by Crippen LogP contribution is 2.48. The molecule has 0 fully saturated rings. The van der Waals surface area contributed by atoms with Crippen molar-refractivity contribution in [3.8, 4) is 11.1 Å². The summed E-state index contributed by atoms with van der Waals surface area (Å²) in [7, 11) is 0. The molecule has 1 aromatic heterocycles. The average molecular weight is 674 g/mol. The standard InChI is InChI=1S/C49H43N3/c1-31-26-33(3)46(34(4)27-31)49(47-35(5)28-32(2)29-36(47)6)42-21-23-43(41-19-13-12-18-40(41)42)52(45-24-25-50-30-51-45)44-22-20-37-14-10-11-17-39(37)48(44)38-15-8-7-9-16-38/h7-30,49H,1-6H3. The summed E-state index contributed by atoms with van der Waals surface area (Å²) in [4.78, 5) is 11.5. The van der Waals surface area contributed by atoms with Crippen molar-refractivity contribution in [3.63, 3.8) is 0 Å². The van der Waals surface area contributed by atoms with E-state index >= 15 is 0 Å². The summed E-state index contributed by atoms with van der Waals surface area (Å²) < 4.78 is 0. The van der Waals surface area contributed by atoms with E-state index in [0.717, 1.165) is 22.8 Å². The van der Waals surface area contributed by atoms with Gasteiger partial charge < -0.3 is 0 Å². The van der Waals surface area contributed by atoms with Crippen LogP contribution in [0.3, 0.4) is 0 Å². The van der Waals surface area contributed by atoms with Crippen LogP contribution in [0, 0.1) is 41.5 Å². The van der Waals surface area contributed by atoms with E-state index in [1.165, 1.54) is 77.2 Å². The highest BCUT2D eigenvalue weighted by molar-refractivity contribution is 6.08. The van der Waals surface area contributed by atoms with E-state index in [2.05, 4.69) is 179 Å². The van der Waals surface area contributed by atoms with Crippen molar-refractivity contribution in [1.29, 1.82) is 0 Å². The number of fused-ring (bicyclic) bond motifs is 2. The van der Waals surface area contributed by atoms with Gasteiger partial charge in [0.25, 0.3) is 0 Å². The molecule has 3 heteroatoms. The normalized spacial score (nSPS) is 11.4. The molecule has 0 aliphatic carbocycles. The smallest absolute Gasteiger partial charge is 0.140 e. The minimum absolute atomic E-state index is 0.0493. The minimum Gasteiger partial charge on any atom is -0.294 e. The van der Waals surface area contributed by atoms with Crippen molar-refractivity contribution in [1.82, 2.24) is 9.97 Å². The average Bonchev–Trinajstić information content (AvgIpc) is 3.14. The fraction of sp³-hybridized carbons (Fsp3) is 0.143. The van der Waals surface area contributed by atoms with Crippen molar-refractivity contribution in [3.05, 3.63) is 196 Å². The fourth-order valence-corrected chi connectivity index (χ4v) is 8.65. The lowest BCUT2D eigenvalue weighted by atomic mass is 9.75. The molecule has 7 aromatic carbocycles. The van der Waals surface area contributed by atoms with Crippen LogP contribution in [-0.4, -0.2) is 9.97 Å². The van der Waals surface area contributed by atoms with Gasteiger partial charge in [-0.15, -0.1) is 0 Å². The summed E-state index contributed by atoms with van der Waals surface area (Å²) in [6, 6.07) is 48.8. The lowest BCUT2D eigenvalue weighted by molar-refractivity contribution is 0.928. The Hall–Kier alpha value is -6.06. The maximum Gasteiger partial charge on any atom is 0.140 e. The maximum atomic E-state index is 4.88. The second-order valence-electron chi connectivity index (χ2n) is 14.2. The molecule has 0 bridgehead atoms. The second-order valence-corrected chi connectivity index (χ2v) is 14.2. The number of anilines is 3. The second kappa shape index (κ2) is 13.6. The van der Waals surface area contributed by atoms with Crippen molar-refractivity contribution in [2.24, 2.45) is 0 Å². The maximum absolute atomic E-state index is 4.88. The zero-order valence-electron chi connectivity index (χ0n) is 30.8. The third-order valence-electron chi connectivity index (χ3n) is 10.5. The molecule has 8 rings (SSSR count). The van der Waals surface area contributed by atoms with Gasteiger partial charge >= 0.3 is 0 Å². The number of benzene rings is 7. The Morgan fingerprint density at radius 1 is 0.500 bits per heavy atom. The van der Waals surface area contributed by atoms with E-state index in [1.807, 2.05) is 12.3 Å². The fourth-order valence-electron chi connectivity index (χ4n) is 8.65. The van der Waals surface area contributed by atoms with Gasteiger partial charge in [-0.3, -0.25) is 4.90 Å². The van der Waals surface area contributed by atoms with Gasteiger partial charge in [0.1, 0.15) is 12.1 Å². The zero-order valence-corrected chi connectivity index (χ0v) is 30.8. The summed E-state index contributed by atoms with van der Waals surface area (Å²) in [6.07, 6.45) is 3.47. The van der Waals surface area contributed by atoms with Crippen LogP contribution in [0.1, 0.15) is 56.0 Å². The van der Waals surface area contributed by atoms with E-state index in [9.17, 15) is 0 Å². The summed E-state index contributed by atoms with van der Waals surface area (Å²) in [6.45, 7) is 13.5. The molecule has 3 nitrogen and oxygen atoms in total. The molecule has 0 aliphatic heterocycles. The molecule has 0 saturated carbocycles. The first-order valence-corrected chi connectivity index (χ1v) is 18.1. The quantitative estimate of drug-likeness (QED) is 0.158. The molecule has 254 valence electrons. The Balaban J connectivity index is 1.45. The number of aromatic nitrogens is 2. The molecule has 0 atom stereocenters. The molecule has 0 amide bonds. The van der Waals surface area contributed by atoms with Crippen LogP contribution in [0.25, 0.3) is 32.7 Å². The summed E-state index contributed by atoms with van der Waals surface area (Å²) in [5, 5.41) is 4.79. The third-order valence-corrected chi connectivity index (χ3v) is 10.5. The number of rotatable bonds is 7. The van der Waals surface area contributed by atoms with E-state index < -0.39 is 0 Å². The van der Waals surface area contributed by atoms with Gasteiger partial charge in [-0.25, -0.2) is 9.97 Å². The first-order chi connectivity index (χ1) is 25.3. The third kappa shape index (κ3) is 5.82. The molecule has 0 N–H and O–H groups in total. The van der Waals surface area contributed by atoms with Crippen LogP contribution >= 0.6 is 0 Å². The Morgan fingerprint density at radius 2 is 1.06 bits per heavy atom. The Kier molecular flexibility index (Phi) is 8.64. The monoisotopic (exact) mass is 673 g/mol. The highest BCUT2D eigenvalue weighted by atomic mass is 15.2. The molecule has 1 heterocycles. The van der Waals surface area contributed by atoms with Gasteiger partial charge in [-0.05, 0) is 120 Å². The Labute approximate surface area is 307 Å². The molecular weight excluding hydrogens is 631 g/mol. The van der Waals surface area contributed by atoms with E-state index in [-0.39, 0.29) is 5.92 Å². The predicted octanol–water partition coefficient (Wildman–Crippen LogP) is 13.0. The van der Waals surface area contributed by atoms with Crippen LogP contribution < -0.4 is 4.90 Å². The topological polar surface area (TPSA) is 29.0 Å². The van der Waals surface area contributed by atoms with Crippen LogP contribution in [0.15, 0.2) is 146 Å². The number of aryl methyl sites for hydroxylation is 6. The largest absolute Gasteiger partial charge is 0.294 e. The van der Waals surface area contributed by atoms with Crippen molar-refractivity contribution in [2.45, 2.75) is 47.5 Å². The molecule has 0 radical (unpaired) electrons. The van der Waals surface area contributed by atoms with Gasteiger partial charge in [-0.1, -0.05) is 126 Å². The lowest BCUT2D eigenvalue weighted by Gasteiger charge is -2.31. The minimum atomic E-state index is 0.0493. The molecule has 0 aliphatic rings. The molecular formula is C49H43N3. The van der Waals surface area contributed by atoms with Crippen molar-refractivity contribution < 1.29 is 0 Å². The van der Waals surface area contributed by atoms with E-state index in [0.29, 0.717) is 0 Å². The Morgan fingerprint density at radius 3 is 1.67 bits per heavy atom. The van der Waals surface area contributed by atoms with Gasteiger partial charge in [0, 0.05) is 23.1 Å². The van der Waals surface area contributed by atoms with Crippen LogP contribution in [0.5, 0.6) is 0 Å². The SMILES string of the molecule is Cc1cc(C)c(C(c2c(C)cc(C)cc2C)c2ccc(N(c3ccncn3)c3ccc4ccccc4c3-c3ccccc3)c3ccccc23)c(C)c1. The van der Waals surface area contributed by atoms with Gasteiger partial charge in [0.2, 0.25) is 0 Å². The summed E-state index contributed by atoms with van der Waals surface area (Å²) in [5.41, 5.74) is 16.4. The lowest BCUT2D eigenvalue weighted by Crippen LogP contribution is -2.15. The van der Waals surface area contributed by atoms with E-state index in [1.54, 1.807) is 6.33 Å². The van der Waals surface area contributed by atoms with Crippen LogP contribution in [-0.2, 0) is 0 Å². The highest BCUT2D eigenvalue weighted by Gasteiger charge is 2.28. The predicted molar refractivity (Wildman–Crippen MR) is 219 cm³/mol. The molecule has 0 unspecified atom stereocenters. The zero-order chi connectivity index (χ0) is 35.9. The first-order valence-electron chi connectivity index (χ1n) is 18.1. The molecule has 0 spiro atoms. The number of hydrogen-bond donors (Lipinski definition) is 0. The molecule has 0 saturated heterocycles. The van der Waals surface area contributed by atoms with E-state index in [4.69, 9.17) is 4.98 Å². The molecule has 52 heavy (non-hydrogen) atoms. The Bertz CT molecular complexity index is 2480. The molecule has 8 aromatic rings. The number of hydrogen-bond acceptors (Lipinski definition) is 3. The van der Waals surface area contributed by atoms with Gasteiger partial charge in [-0.2, -0.15) is 0 Å². The first kappa shape index (κ1) is 33.1. The number of nitrogens with zero attached hydrogens (tertiary/aromatic N) is 3. The van der Waals surface area contributed by atoms with Gasteiger partial charge in [0.05, 0.1) is 11.4 Å².